The molecule has 268 valence electrons. The van der Waals surface area contributed by atoms with Gasteiger partial charge in [0.15, 0.2) is 0 Å². The van der Waals surface area contributed by atoms with Crippen molar-refractivity contribution in [1.82, 2.24) is 42.5 Å². The Morgan fingerprint density at radius 2 is 0.458 bits per heavy atom. The van der Waals surface area contributed by atoms with E-state index in [0.29, 0.717) is 0 Å². The van der Waals surface area contributed by atoms with Gasteiger partial charge in [-0.3, -0.25) is 42.5 Å². The minimum atomic E-state index is -0.750. The Bertz CT molecular complexity index is 1200. The van der Waals surface area contributed by atoms with Crippen LogP contribution in [-0.2, 0) is 0 Å². The minimum Gasteiger partial charge on any atom is -0.390 e. The van der Waals surface area contributed by atoms with E-state index in [2.05, 4.69) is 42.5 Å². The third kappa shape index (κ3) is 4.13. The Morgan fingerprint density at radius 1 is 0.250 bits per heavy atom. The van der Waals surface area contributed by atoms with Crippen LogP contribution in [0, 0.1) is 71.0 Å². The topological polar surface area (TPSA) is 218 Å². The van der Waals surface area contributed by atoms with Gasteiger partial charge < -0.3 is 30.6 Å². The second kappa shape index (κ2) is 11.0. The Balaban J connectivity index is 0.977. The summed E-state index contributed by atoms with van der Waals surface area (Å²) in [4.78, 5) is 0. The number of hydrogen-bond acceptors (Lipinski definition) is 14. The Kier molecular flexibility index (Phi) is 7.10. The molecule has 26 atom stereocenters. The van der Waals surface area contributed by atoms with Crippen LogP contribution in [0.1, 0.15) is 51.4 Å². The molecular weight excluding hydrogens is 616 g/mol. The molecule has 0 amide bonds. The highest BCUT2D eigenvalue weighted by molar-refractivity contribution is 5.17. The minimum absolute atomic E-state index is 0.00143. The van der Waals surface area contributed by atoms with Crippen molar-refractivity contribution >= 4 is 0 Å². The van der Waals surface area contributed by atoms with Crippen LogP contribution in [-0.4, -0.2) is 117 Å². The van der Waals surface area contributed by atoms with Gasteiger partial charge in [0, 0.05) is 0 Å². The largest absolute Gasteiger partial charge is 0.390 e. The molecule has 9 aliphatic carbocycles. The van der Waals surface area contributed by atoms with Crippen molar-refractivity contribution in [1.29, 1.82) is 0 Å². The fourth-order valence-corrected chi connectivity index (χ4v) is 14.8. The first kappa shape index (κ1) is 31.0. The molecule has 5 saturated heterocycles. The van der Waals surface area contributed by atoms with E-state index in [1.54, 1.807) is 0 Å². The summed E-state index contributed by atoms with van der Waals surface area (Å²) in [5.41, 5.74) is 0. The zero-order valence-corrected chi connectivity index (χ0v) is 27.4. The van der Waals surface area contributed by atoms with Gasteiger partial charge in [0.05, 0.1) is 86.0 Å². The van der Waals surface area contributed by atoms with Gasteiger partial charge in [-0.05, 0) is 122 Å². The molecule has 5 heterocycles. The molecule has 14 fully saturated rings. The number of aliphatic hydroxyl groups is 6. The zero-order chi connectivity index (χ0) is 32.3. The van der Waals surface area contributed by atoms with E-state index in [1.807, 2.05) is 0 Å². The number of fused-ring (bicyclic) bond motifs is 14. The van der Waals surface area contributed by atoms with E-state index in [9.17, 15) is 30.6 Å². The van der Waals surface area contributed by atoms with Crippen LogP contribution in [0.5, 0.6) is 0 Å². The first-order valence-electron chi connectivity index (χ1n) is 19.4. The van der Waals surface area contributed by atoms with Crippen LogP contribution in [0.15, 0.2) is 0 Å². The molecule has 14 bridgehead atoms. The molecule has 14 rings (SSSR count). The highest BCUT2D eigenvalue weighted by Crippen LogP contribution is 2.57. The standard InChI is InChI=1S/C34H56N8O6/c43-23-9-1-3-11(25(23)45)19-17(9)29-36-15-7-8-16(35-15)37-30-18-10-2-4-12(26(46)24(10)44)20(18)32(39-30)41-34-22-14-6-5-13(27(47)28(14)48)21(22)33(42-34)40-31(19)38-29/h9-48H,1-8H2. The predicted octanol–water partition coefficient (Wildman–Crippen LogP) is -3.86. The van der Waals surface area contributed by atoms with Gasteiger partial charge in [0.2, 0.25) is 0 Å². The lowest BCUT2D eigenvalue weighted by Gasteiger charge is -2.54. The highest BCUT2D eigenvalue weighted by Gasteiger charge is 2.66. The molecule has 0 aromatic heterocycles. The van der Waals surface area contributed by atoms with Crippen molar-refractivity contribution in [3.63, 3.8) is 0 Å². The Morgan fingerprint density at radius 3 is 0.688 bits per heavy atom. The third-order valence-electron chi connectivity index (χ3n) is 16.5. The van der Waals surface area contributed by atoms with Crippen LogP contribution in [0.2, 0.25) is 0 Å². The molecule has 0 spiro atoms. The summed E-state index contributed by atoms with van der Waals surface area (Å²) in [5, 5.41) is 99.1. The maximum atomic E-state index is 11.3. The van der Waals surface area contributed by atoms with E-state index in [0.717, 1.165) is 51.4 Å². The Hall–Kier alpha value is -0.560. The van der Waals surface area contributed by atoms with Crippen molar-refractivity contribution in [3.8, 4) is 0 Å². The second-order valence-electron chi connectivity index (χ2n) is 18.0. The lowest BCUT2D eigenvalue weighted by Crippen LogP contribution is -2.64. The van der Waals surface area contributed by atoms with Gasteiger partial charge in [-0.2, -0.15) is 0 Å². The number of hydrogen-bond donors (Lipinski definition) is 14. The number of nitrogens with one attached hydrogen (secondary N) is 8. The lowest BCUT2D eigenvalue weighted by molar-refractivity contribution is -0.168. The number of aliphatic hydroxyl groups excluding tert-OH is 6. The summed E-state index contributed by atoms with van der Waals surface area (Å²) in [6.07, 6.45) is 2.68. The van der Waals surface area contributed by atoms with Gasteiger partial charge in [0.25, 0.3) is 0 Å². The summed E-state index contributed by atoms with van der Waals surface area (Å²) >= 11 is 0. The normalized spacial score (nSPS) is 66.9. The smallest absolute Gasteiger partial charge is 0.0833 e. The van der Waals surface area contributed by atoms with Gasteiger partial charge in [-0.15, -0.1) is 0 Å². The van der Waals surface area contributed by atoms with E-state index in [4.69, 9.17) is 0 Å². The SMILES string of the molecule is OC1C(O)C2CCC1C1C3NC4CCC(N4)NC4NC(NC5NC(NC(N3)C21)C1C2CCC(C(O)C2O)C51)C1C2CCC(C(O)C2O)C41. The predicted molar refractivity (Wildman–Crippen MR) is 170 cm³/mol. The van der Waals surface area contributed by atoms with Gasteiger partial charge in [0.1, 0.15) is 0 Å². The van der Waals surface area contributed by atoms with Crippen LogP contribution in [0.4, 0.5) is 0 Å². The maximum Gasteiger partial charge on any atom is 0.0833 e. The summed E-state index contributed by atoms with van der Waals surface area (Å²) in [6.45, 7) is 0. The van der Waals surface area contributed by atoms with E-state index < -0.39 is 36.6 Å². The molecule has 14 N–H and O–H groups in total. The molecule has 5 aliphatic heterocycles. The zero-order valence-electron chi connectivity index (χ0n) is 27.4. The fourth-order valence-electron chi connectivity index (χ4n) is 14.8. The van der Waals surface area contributed by atoms with Crippen LogP contribution in [0.25, 0.3) is 0 Å². The van der Waals surface area contributed by atoms with Gasteiger partial charge >= 0.3 is 0 Å². The first-order chi connectivity index (χ1) is 23.3. The molecular formula is C34H56N8O6. The van der Waals surface area contributed by atoms with Crippen LogP contribution in [0.3, 0.4) is 0 Å². The summed E-state index contributed by atoms with van der Waals surface area (Å²) in [5.74, 6) is 0.852. The molecule has 26 unspecified atom stereocenters. The van der Waals surface area contributed by atoms with Gasteiger partial charge in [-0.1, -0.05) is 0 Å². The summed E-state index contributed by atoms with van der Waals surface area (Å²) in [6, 6.07) is 0. The van der Waals surface area contributed by atoms with E-state index in [1.165, 1.54) is 0 Å². The molecule has 14 nitrogen and oxygen atoms in total. The van der Waals surface area contributed by atoms with Gasteiger partial charge in [-0.25, -0.2) is 0 Å². The Labute approximate surface area is 281 Å². The molecule has 0 radical (unpaired) electrons. The third-order valence-corrected chi connectivity index (χ3v) is 16.5. The van der Waals surface area contributed by atoms with Crippen molar-refractivity contribution in [2.45, 2.75) is 137 Å². The van der Waals surface area contributed by atoms with E-state index in [-0.39, 0.29) is 120 Å². The summed E-state index contributed by atoms with van der Waals surface area (Å²) < 4.78 is 0. The van der Waals surface area contributed by atoms with Crippen molar-refractivity contribution in [2.24, 2.45) is 71.0 Å². The fraction of sp³-hybridized carbons (Fsp3) is 1.00. The average Bonchev–Trinajstić information content (AvgIpc) is 3.86. The average molecular weight is 673 g/mol. The quantitative estimate of drug-likeness (QED) is 0.119. The first-order valence-corrected chi connectivity index (χ1v) is 19.4. The van der Waals surface area contributed by atoms with Crippen LogP contribution < -0.4 is 42.5 Å². The van der Waals surface area contributed by atoms with Crippen molar-refractivity contribution in [2.75, 3.05) is 0 Å². The summed E-state index contributed by atoms with van der Waals surface area (Å²) in [7, 11) is 0. The second-order valence-corrected chi connectivity index (χ2v) is 18.0. The highest BCUT2D eigenvalue weighted by atomic mass is 16.3. The van der Waals surface area contributed by atoms with E-state index >= 15 is 0 Å². The monoisotopic (exact) mass is 672 g/mol. The molecule has 14 aliphatic rings. The molecule has 0 aromatic rings. The van der Waals surface area contributed by atoms with Crippen LogP contribution >= 0.6 is 0 Å². The lowest BCUT2D eigenvalue weighted by atomic mass is 9.55. The molecule has 14 heteroatoms. The molecule has 48 heavy (non-hydrogen) atoms. The maximum absolute atomic E-state index is 11.3. The van der Waals surface area contributed by atoms with Crippen molar-refractivity contribution in [3.05, 3.63) is 0 Å². The van der Waals surface area contributed by atoms with Crippen molar-refractivity contribution < 1.29 is 30.6 Å². The number of rotatable bonds is 0. The molecule has 0 aromatic carbocycles. The molecule has 9 saturated carbocycles.